The van der Waals surface area contributed by atoms with Crippen LogP contribution in [-0.4, -0.2) is 16.8 Å². The van der Waals surface area contributed by atoms with Crippen LogP contribution in [-0.2, 0) is 4.79 Å². The van der Waals surface area contributed by atoms with E-state index in [0.29, 0.717) is 6.42 Å². The van der Waals surface area contributed by atoms with E-state index in [-0.39, 0.29) is 11.7 Å². The summed E-state index contributed by atoms with van der Waals surface area (Å²) in [7, 11) is 0. The molecule has 0 saturated heterocycles. The fourth-order valence-electron chi connectivity index (χ4n) is 1.70. The molecule has 0 aliphatic carbocycles. The summed E-state index contributed by atoms with van der Waals surface area (Å²) < 4.78 is 0. The maximum atomic E-state index is 11.3. The lowest BCUT2D eigenvalue weighted by molar-refractivity contribution is -0.116. The molecular formula is C13H16N2O. The fraction of sp³-hybridized carbons (Fsp3) is 0.385. The maximum Gasteiger partial charge on any atom is 0.323 e. The molecule has 0 spiro atoms. The van der Waals surface area contributed by atoms with Crippen molar-refractivity contribution in [3.63, 3.8) is 0 Å². The Labute approximate surface area is 95.7 Å². The highest BCUT2D eigenvalue weighted by molar-refractivity contribution is 6.25. The van der Waals surface area contributed by atoms with E-state index in [1.165, 1.54) is 5.56 Å². The number of nitrogens with zero attached hydrogens (tertiary/aromatic N) is 2. The summed E-state index contributed by atoms with van der Waals surface area (Å²) in [4.78, 5) is 14.1. The third-order valence-electron chi connectivity index (χ3n) is 2.69. The van der Waals surface area contributed by atoms with Crippen LogP contribution in [0.15, 0.2) is 24.3 Å². The number of ketones is 1. The zero-order chi connectivity index (χ0) is 12.0. The molecule has 0 aliphatic heterocycles. The average Bonchev–Trinajstić information content (AvgIpc) is 2.27. The van der Waals surface area contributed by atoms with Gasteiger partial charge < -0.3 is 5.53 Å². The molecule has 0 fully saturated rings. The van der Waals surface area contributed by atoms with Crippen molar-refractivity contribution in [2.75, 3.05) is 0 Å². The molecule has 1 rings (SSSR count). The minimum absolute atomic E-state index is 0.144. The first-order valence-electron chi connectivity index (χ1n) is 5.44. The van der Waals surface area contributed by atoms with Crippen molar-refractivity contribution in [2.24, 2.45) is 0 Å². The highest BCUT2D eigenvalue weighted by Crippen LogP contribution is 2.23. The molecule has 1 aromatic carbocycles. The van der Waals surface area contributed by atoms with Crippen molar-refractivity contribution >= 4 is 12.0 Å². The monoisotopic (exact) mass is 216 g/mol. The third kappa shape index (κ3) is 3.44. The number of aryl methyl sites for hydroxylation is 1. The Kier molecular flexibility index (Phi) is 4.62. The standard InChI is InChI=1S/C13H16N2O/c1-3-11(8-13(16)9-15-14)12-6-4-10(2)5-7-12/h4-7,9,11H,3,8H2,1-2H3. The van der Waals surface area contributed by atoms with Crippen LogP contribution >= 0.6 is 0 Å². The highest BCUT2D eigenvalue weighted by atomic mass is 16.1. The van der Waals surface area contributed by atoms with Gasteiger partial charge in [-0.15, -0.1) is 0 Å². The van der Waals surface area contributed by atoms with Gasteiger partial charge >= 0.3 is 6.21 Å². The van der Waals surface area contributed by atoms with Gasteiger partial charge in [0.1, 0.15) is 0 Å². The molecule has 0 amide bonds. The highest BCUT2D eigenvalue weighted by Gasteiger charge is 2.14. The smallest absolute Gasteiger partial charge is 0.323 e. The zero-order valence-electron chi connectivity index (χ0n) is 9.68. The van der Waals surface area contributed by atoms with E-state index in [4.69, 9.17) is 5.53 Å². The van der Waals surface area contributed by atoms with Gasteiger partial charge in [0.25, 0.3) is 0 Å². The van der Waals surface area contributed by atoms with Gasteiger partial charge in [0.05, 0.1) is 0 Å². The number of carbonyl (C=O) groups is 1. The van der Waals surface area contributed by atoms with Crippen molar-refractivity contribution in [3.8, 4) is 0 Å². The Bertz CT molecular complexity index is 402. The summed E-state index contributed by atoms with van der Waals surface area (Å²) in [6.45, 7) is 4.09. The van der Waals surface area contributed by atoms with Gasteiger partial charge in [0, 0.05) is 6.42 Å². The van der Waals surface area contributed by atoms with Crippen LogP contribution in [0.1, 0.15) is 36.8 Å². The van der Waals surface area contributed by atoms with E-state index in [1.54, 1.807) is 0 Å². The molecule has 0 saturated carbocycles. The van der Waals surface area contributed by atoms with Gasteiger partial charge in [0.15, 0.2) is 0 Å². The lowest BCUT2D eigenvalue weighted by Gasteiger charge is -2.12. The van der Waals surface area contributed by atoms with Crippen LogP contribution in [0, 0.1) is 6.92 Å². The SMILES string of the molecule is CCC(CC(=O)C=[N+]=[N-])c1ccc(C)cc1. The summed E-state index contributed by atoms with van der Waals surface area (Å²) >= 11 is 0. The topological polar surface area (TPSA) is 53.5 Å². The second kappa shape index (κ2) is 5.99. The largest absolute Gasteiger partial charge is 0.361 e. The molecule has 16 heavy (non-hydrogen) atoms. The second-order valence-corrected chi connectivity index (χ2v) is 3.93. The van der Waals surface area contributed by atoms with E-state index in [9.17, 15) is 4.79 Å². The Hall–Kier alpha value is -1.73. The fourth-order valence-corrected chi connectivity index (χ4v) is 1.70. The predicted octanol–water partition coefficient (Wildman–Crippen LogP) is 2.75. The van der Waals surface area contributed by atoms with Crippen LogP contribution in [0.4, 0.5) is 0 Å². The van der Waals surface area contributed by atoms with Crippen molar-refractivity contribution in [2.45, 2.75) is 32.6 Å². The van der Waals surface area contributed by atoms with Crippen molar-refractivity contribution in [3.05, 3.63) is 40.9 Å². The van der Waals surface area contributed by atoms with Crippen LogP contribution in [0.3, 0.4) is 0 Å². The Balaban J connectivity index is 2.78. The molecule has 3 nitrogen and oxygen atoms in total. The summed E-state index contributed by atoms with van der Waals surface area (Å²) in [5.74, 6) is 0.0565. The number of hydrogen-bond donors (Lipinski definition) is 0. The quantitative estimate of drug-likeness (QED) is 0.424. The van der Waals surface area contributed by atoms with E-state index in [1.807, 2.05) is 38.1 Å². The molecule has 0 N–H and O–H groups in total. The molecule has 1 atom stereocenters. The molecule has 0 bridgehead atoms. The van der Waals surface area contributed by atoms with E-state index in [2.05, 4.69) is 4.79 Å². The van der Waals surface area contributed by atoms with Gasteiger partial charge in [-0.3, -0.25) is 4.79 Å². The molecule has 1 unspecified atom stereocenters. The molecular weight excluding hydrogens is 200 g/mol. The summed E-state index contributed by atoms with van der Waals surface area (Å²) in [5, 5.41) is 0. The first-order valence-corrected chi connectivity index (χ1v) is 5.44. The summed E-state index contributed by atoms with van der Waals surface area (Å²) in [5.41, 5.74) is 10.6. The van der Waals surface area contributed by atoms with Crippen LogP contribution in [0.5, 0.6) is 0 Å². The van der Waals surface area contributed by atoms with Crippen LogP contribution in [0.25, 0.3) is 5.53 Å². The Morgan fingerprint density at radius 1 is 1.44 bits per heavy atom. The summed E-state index contributed by atoms with van der Waals surface area (Å²) in [6.07, 6.45) is 2.26. The van der Waals surface area contributed by atoms with Crippen molar-refractivity contribution in [1.29, 1.82) is 0 Å². The Morgan fingerprint density at radius 2 is 2.06 bits per heavy atom. The van der Waals surface area contributed by atoms with Gasteiger partial charge in [-0.2, -0.15) is 4.79 Å². The molecule has 84 valence electrons. The first-order chi connectivity index (χ1) is 7.67. The van der Waals surface area contributed by atoms with Gasteiger partial charge in [-0.1, -0.05) is 36.8 Å². The number of carbonyl (C=O) groups excluding carboxylic acids is 1. The van der Waals surface area contributed by atoms with E-state index in [0.717, 1.165) is 18.2 Å². The number of rotatable bonds is 5. The van der Waals surface area contributed by atoms with E-state index < -0.39 is 0 Å². The average molecular weight is 216 g/mol. The van der Waals surface area contributed by atoms with Crippen molar-refractivity contribution in [1.82, 2.24) is 0 Å². The molecule has 0 aromatic heterocycles. The molecule has 1 aromatic rings. The lowest BCUT2D eigenvalue weighted by atomic mass is 9.91. The zero-order valence-corrected chi connectivity index (χ0v) is 9.68. The molecule has 0 aliphatic rings. The second-order valence-electron chi connectivity index (χ2n) is 3.93. The number of benzene rings is 1. The molecule has 0 radical (unpaired) electrons. The van der Waals surface area contributed by atoms with Gasteiger partial charge in [-0.25, -0.2) is 0 Å². The molecule has 0 heterocycles. The van der Waals surface area contributed by atoms with Crippen LogP contribution in [0.2, 0.25) is 0 Å². The number of hydrogen-bond acceptors (Lipinski definition) is 1. The number of Topliss-reactive ketones (excluding diaryl/α,β-unsaturated/α-hetero) is 1. The van der Waals surface area contributed by atoms with Crippen molar-refractivity contribution < 1.29 is 9.58 Å². The van der Waals surface area contributed by atoms with E-state index >= 15 is 0 Å². The predicted molar refractivity (Wildman–Crippen MR) is 63.5 cm³/mol. The lowest BCUT2D eigenvalue weighted by Crippen LogP contribution is -2.08. The Morgan fingerprint density at radius 3 is 2.56 bits per heavy atom. The molecule has 3 heteroatoms. The minimum Gasteiger partial charge on any atom is -0.361 e. The summed E-state index contributed by atoms with van der Waals surface area (Å²) in [6, 6.07) is 8.19. The maximum absolute atomic E-state index is 11.3. The van der Waals surface area contributed by atoms with Gasteiger partial charge in [0.2, 0.25) is 5.78 Å². The minimum atomic E-state index is -0.144. The normalized spacial score (nSPS) is 11.6. The third-order valence-corrected chi connectivity index (χ3v) is 2.69. The van der Waals surface area contributed by atoms with Crippen LogP contribution < -0.4 is 0 Å². The first kappa shape index (κ1) is 12.3. The van der Waals surface area contributed by atoms with Gasteiger partial charge in [-0.05, 0) is 24.8 Å².